The van der Waals surface area contributed by atoms with Gasteiger partial charge in [0, 0.05) is 44.0 Å². The largest absolute Gasteiger partial charge is 0.359 e. The van der Waals surface area contributed by atoms with Crippen molar-refractivity contribution < 1.29 is 0 Å². The zero-order valence-electron chi connectivity index (χ0n) is 30.4. The van der Waals surface area contributed by atoms with E-state index in [4.69, 9.17) is 4.99 Å². The fourth-order valence-electron chi connectivity index (χ4n) is 9.25. The van der Waals surface area contributed by atoms with Gasteiger partial charge in [-0.15, -0.1) is 0 Å². The topological polar surface area (TPSA) is 34.2 Å². The quantitative estimate of drug-likeness (QED) is 0.193. The number of aromatic nitrogens is 2. The molecule has 1 aliphatic heterocycles. The standard InChI is InChI=1S/C52H34N4/c1-3-16-35(17-4-1)51-41-24-11-12-25-44(41)53-52(54-51)36-18-13-21-38(30-36)56-46-29-27-34-15-8-10-23-40(34)50(46)43-31-42-47(32-48(43)56)55(37-19-5-2-6-20-37)45-28-26-33-14-7-9-22-39(33)49(42)45/h1-32,51H,(H,53,54). The van der Waals surface area contributed by atoms with Crippen LogP contribution in [0.2, 0.25) is 0 Å². The maximum absolute atomic E-state index is 5.21. The van der Waals surface area contributed by atoms with Crippen LogP contribution in [0.15, 0.2) is 199 Å². The van der Waals surface area contributed by atoms with Crippen LogP contribution in [-0.2, 0) is 0 Å². The van der Waals surface area contributed by atoms with Crippen LogP contribution < -0.4 is 5.32 Å². The maximum atomic E-state index is 5.21. The zero-order valence-corrected chi connectivity index (χ0v) is 30.4. The van der Waals surface area contributed by atoms with Gasteiger partial charge in [0.15, 0.2) is 0 Å². The van der Waals surface area contributed by atoms with E-state index in [1.807, 2.05) is 0 Å². The minimum absolute atomic E-state index is 0.00701. The molecule has 0 aliphatic carbocycles. The Bertz CT molecular complexity index is 3390. The molecule has 12 rings (SSSR count). The van der Waals surface area contributed by atoms with Gasteiger partial charge in [-0.25, -0.2) is 4.99 Å². The summed E-state index contributed by atoms with van der Waals surface area (Å²) in [5, 5.41) is 13.9. The summed E-state index contributed by atoms with van der Waals surface area (Å²) < 4.78 is 4.89. The van der Waals surface area contributed by atoms with Crippen LogP contribution >= 0.6 is 0 Å². The number of nitrogens with one attached hydrogen (secondary N) is 1. The van der Waals surface area contributed by atoms with Gasteiger partial charge in [-0.1, -0.05) is 140 Å². The van der Waals surface area contributed by atoms with E-state index in [-0.39, 0.29) is 6.04 Å². The predicted octanol–water partition coefficient (Wildman–Crippen LogP) is 13.0. The first-order chi connectivity index (χ1) is 27.8. The molecule has 0 amide bonds. The van der Waals surface area contributed by atoms with Crippen molar-refractivity contribution in [3.8, 4) is 11.4 Å². The molecule has 0 saturated carbocycles. The number of benzene rings is 9. The van der Waals surface area contributed by atoms with Crippen LogP contribution in [0.1, 0.15) is 22.7 Å². The van der Waals surface area contributed by atoms with E-state index >= 15 is 0 Å². The molecule has 262 valence electrons. The lowest BCUT2D eigenvalue weighted by molar-refractivity contribution is 0.749. The van der Waals surface area contributed by atoms with E-state index in [2.05, 4.69) is 209 Å². The lowest BCUT2D eigenvalue weighted by atomic mass is 9.95. The van der Waals surface area contributed by atoms with Gasteiger partial charge >= 0.3 is 0 Å². The minimum Gasteiger partial charge on any atom is -0.359 e. The molecule has 0 radical (unpaired) electrons. The molecular weight excluding hydrogens is 681 g/mol. The van der Waals surface area contributed by atoms with Crippen LogP contribution in [-0.4, -0.2) is 15.0 Å². The average Bonchev–Trinajstić information content (AvgIpc) is 3.78. The average molecular weight is 715 g/mol. The third-order valence-electron chi connectivity index (χ3n) is 11.7. The zero-order chi connectivity index (χ0) is 36.7. The summed E-state index contributed by atoms with van der Waals surface area (Å²) in [5.74, 6) is 0.865. The third kappa shape index (κ3) is 4.56. The molecule has 1 N–H and O–H groups in total. The molecule has 1 atom stereocenters. The van der Waals surface area contributed by atoms with Crippen LogP contribution in [0.3, 0.4) is 0 Å². The molecule has 0 bridgehead atoms. The van der Waals surface area contributed by atoms with Crippen LogP contribution in [0.25, 0.3) is 76.5 Å². The van der Waals surface area contributed by atoms with Crippen molar-refractivity contribution >= 4 is 76.7 Å². The summed E-state index contributed by atoms with van der Waals surface area (Å²) in [6, 6.07) is 70.3. The second kappa shape index (κ2) is 12.0. The Morgan fingerprint density at radius 1 is 0.411 bits per heavy atom. The van der Waals surface area contributed by atoms with Crippen LogP contribution in [0, 0.1) is 0 Å². The van der Waals surface area contributed by atoms with Crippen molar-refractivity contribution in [3.05, 3.63) is 211 Å². The highest BCUT2D eigenvalue weighted by Crippen LogP contribution is 2.44. The number of nitrogens with zero attached hydrogens (tertiary/aromatic N) is 3. The lowest BCUT2D eigenvalue weighted by Crippen LogP contribution is -2.32. The normalized spacial score (nSPS) is 14.1. The van der Waals surface area contributed by atoms with Gasteiger partial charge in [0.2, 0.25) is 0 Å². The SMILES string of the molecule is c1ccc(C2NC(c3cccc(-n4c5cc6c(cc5c5c7ccccc7ccc54)c4c5ccccc5ccc4n6-c4ccccc4)c3)=Nc3ccccc32)cc1. The predicted molar refractivity (Wildman–Crippen MR) is 234 cm³/mol. The number of amidine groups is 1. The molecule has 2 aromatic heterocycles. The molecule has 0 saturated heterocycles. The molecule has 3 heterocycles. The molecule has 4 nitrogen and oxygen atoms in total. The molecule has 1 unspecified atom stereocenters. The highest BCUT2D eigenvalue weighted by molar-refractivity contribution is 6.28. The van der Waals surface area contributed by atoms with Gasteiger partial charge in [0.1, 0.15) is 5.84 Å². The fraction of sp³-hybridized carbons (Fsp3) is 0.0192. The van der Waals surface area contributed by atoms with Gasteiger partial charge in [-0.05, 0) is 81.7 Å². The first-order valence-corrected chi connectivity index (χ1v) is 19.3. The first kappa shape index (κ1) is 31.0. The van der Waals surface area contributed by atoms with Gasteiger partial charge in [0.25, 0.3) is 0 Å². The number of aliphatic imine (C=N–C) groups is 1. The van der Waals surface area contributed by atoms with Crippen molar-refractivity contribution in [1.29, 1.82) is 0 Å². The maximum Gasteiger partial charge on any atom is 0.134 e. The molecule has 0 spiro atoms. The minimum atomic E-state index is -0.00701. The number of para-hydroxylation sites is 2. The molecule has 9 aromatic carbocycles. The summed E-state index contributed by atoms with van der Waals surface area (Å²) >= 11 is 0. The number of rotatable bonds is 4. The summed E-state index contributed by atoms with van der Waals surface area (Å²) in [6.07, 6.45) is 0. The fourth-order valence-corrected chi connectivity index (χ4v) is 9.25. The van der Waals surface area contributed by atoms with Gasteiger partial charge < -0.3 is 14.5 Å². The van der Waals surface area contributed by atoms with Crippen molar-refractivity contribution in [2.75, 3.05) is 0 Å². The Labute approximate surface area is 323 Å². The highest BCUT2D eigenvalue weighted by Gasteiger charge is 2.25. The number of hydrogen-bond acceptors (Lipinski definition) is 2. The summed E-state index contributed by atoms with van der Waals surface area (Å²) in [5.41, 5.74) is 11.4. The smallest absolute Gasteiger partial charge is 0.134 e. The van der Waals surface area contributed by atoms with E-state index in [0.29, 0.717) is 0 Å². The molecular formula is C52H34N4. The second-order valence-electron chi connectivity index (χ2n) is 14.8. The van der Waals surface area contributed by atoms with Crippen molar-refractivity contribution in [2.45, 2.75) is 6.04 Å². The van der Waals surface area contributed by atoms with E-state index < -0.39 is 0 Å². The summed E-state index contributed by atoms with van der Waals surface area (Å²) in [6.45, 7) is 0. The molecule has 0 fully saturated rings. The van der Waals surface area contributed by atoms with Crippen molar-refractivity contribution in [3.63, 3.8) is 0 Å². The summed E-state index contributed by atoms with van der Waals surface area (Å²) in [7, 11) is 0. The second-order valence-corrected chi connectivity index (χ2v) is 14.8. The van der Waals surface area contributed by atoms with Crippen LogP contribution in [0.5, 0.6) is 0 Å². The van der Waals surface area contributed by atoms with Gasteiger partial charge in [0.05, 0.1) is 33.8 Å². The third-order valence-corrected chi connectivity index (χ3v) is 11.7. The monoisotopic (exact) mass is 714 g/mol. The highest BCUT2D eigenvalue weighted by atomic mass is 15.1. The Morgan fingerprint density at radius 3 is 1.68 bits per heavy atom. The first-order valence-electron chi connectivity index (χ1n) is 19.3. The Kier molecular flexibility index (Phi) is 6.66. The van der Waals surface area contributed by atoms with Gasteiger partial charge in [-0.2, -0.15) is 0 Å². The van der Waals surface area contributed by atoms with Crippen molar-refractivity contribution in [1.82, 2.24) is 14.5 Å². The number of fused-ring (bicyclic) bond motifs is 11. The summed E-state index contributed by atoms with van der Waals surface area (Å²) in [4.78, 5) is 5.21. The molecule has 4 heteroatoms. The van der Waals surface area contributed by atoms with E-state index in [0.717, 1.165) is 34.0 Å². The Morgan fingerprint density at radius 2 is 0.982 bits per heavy atom. The lowest BCUT2D eigenvalue weighted by Gasteiger charge is -2.28. The van der Waals surface area contributed by atoms with Gasteiger partial charge in [-0.3, -0.25) is 0 Å². The Balaban J connectivity index is 1.15. The molecule has 11 aromatic rings. The van der Waals surface area contributed by atoms with E-state index in [1.165, 1.54) is 70.8 Å². The van der Waals surface area contributed by atoms with Crippen LogP contribution in [0.4, 0.5) is 5.69 Å². The van der Waals surface area contributed by atoms with E-state index in [9.17, 15) is 0 Å². The number of hydrogen-bond donors (Lipinski definition) is 1. The van der Waals surface area contributed by atoms with Crippen molar-refractivity contribution in [2.24, 2.45) is 4.99 Å². The molecule has 56 heavy (non-hydrogen) atoms. The Hall–Kier alpha value is -7.43. The van der Waals surface area contributed by atoms with E-state index in [1.54, 1.807) is 0 Å². The molecule has 1 aliphatic rings.